The maximum Gasteiger partial charge on any atom is 0.499 e. The molecule has 0 radical (unpaired) electrons. The minimum atomic E-state index is -3.54. The number of thiophene rings is 1. The zero-order valence-corrected chi connectivity index (χ0v) is 13.9. The number of hydrogen-bond donors (Lipinski definition) is 2. The van der Waals surface area contributed by atoms with Gasteiger partial charge in [0.15, 0.2) is 0 Å². The van der Waals surface area contributed by atoms with E-state index >= 15 is 0 Å². The summed E-state index contributed by atoms with van der Waals surface area (Å²) in [6.45, 7) is 1.51. The van der Waals surface area contributed by atoms with E-state index in [1.807, 2.05) is 0 Å². The van der Waals surface area contributed by atoms with E-state index in [0.717, 1.165) is 11.1 Å². The van der Waals surface area contributed by atoms with Gasteiger partial charge in [0.2, 0.25) is 10.0 Å². The zero-order chi connectivity index (χ0) is 16.4. The van der Waals surface area contributed by atoms with Crippen LogP contribution in [0, 0.1) is 0 Å². The van der Waals surface area contributed by atoms with Gasteiger partial charge < -0.3 is 14.8 Å². The van der Waals surface area contributed by atoms with Crippen LogP contribution in [0.2, 0.25) is 0 Å². The van der Waals surface area contributed by atoms with E-state index in [0.29, 0.717) is 31.1 Å². The number of rotatable bonds is 4. The fourth-order valence-electron chi connectivity index (χ4n) is 2.41. The Kier molecular flexibility index (Phi) is 4.86. The van der Waals surface area contributed by atoms with E-state index in [-0.39, 0.29) is 4.90 Å². The Morgan fingerprint density at radius 2 is 1.87 bits per heavy atom. The lowest BCUT2D eigenvalue weighted by atomic mass is 9.88. The highest BCUT2D eigenvalue weighted by Crippen LogP contribution is 2.25. The van der Waals surface area contributed by atoms with Gasteiger partial charge in [0, 0.05) is 17.9 Å². The summed E-state index contributed by atoms with van der Waals surface area (Å²) >= 11 is 1.22. The summed E-state index contributed by atoms with van der Waals surface area (Å²) in [6.07, 6.45) is 0. The average molecular weight is 353 g/mol. The van der Waals surface area contributed by atoms with Crippen LogP contribution in [0.3, 0.4) is 0 Å². The van der Waals surface area contributed by atoms with Gasteiger partial charge in [-0.05, 0) is 34.7 Å². The summed E-state index contributed by atoms with van der Waals surface area (Å²) in [5.41, 5.74) is 1.49. The maximum absolute atomic E-state index is 12.7. The molecule has 23 heavy (non-hydrogen) atoms. The van der Waals surface area contributed by atoms with Crippen LogP contribution in [0.4, 0.5) is 0 Å². The highest BCUT2D eigenvalue weighted by Gasteiger charge is 2.26. The first-order valence-corrected chi connectivity index (χ1v) is 9.43. The lowest BCUT2D eigenvalue weighted by Gasteiger charge is -2.26. The number of sulfonamides is 1. The summed E-state index contributed by atoms with van der Waals surface area (Å²) in [5, 5.41) is 20.2. The van der Waals surface area contributed by atoms with E-state index in [9.17, 15) is 18.5 Å². The molecule has 2 heterocycles. The molecular weight excluding hydrogens is 337 g/mol. The number of morpholine rings is 1. The topological polar surface area (TPSA) is 87.1 Å². The molecule has 1 aliphatic rings. The molecule has 0 atom stereocenters. The first-order valence-electron chi connectivity index (χ1n) is 7.11. The lowest BCUT2D eigenvalue weighted by molar-refractivity contribution is 0.0730. The van der Waals surface area contributed by atoms with Gasteiger partial charge in [0.05, 0.1) is 18.1 Å². The Morgan fingerprint density at radius 1 is 1.13 bits per heavy atom. The molecule has 1 aliphatic heterocycles. The van der Waals surface area contributed by atoms with Crippen molar-refractivity contribution in [2.45, 2.75) is 4.90 Å². The molecule has 0 bridgehead atoms. The van der Waals surface area contributed by atoms with Crippen molar-refractivity contribution in [1.29, 1.82) is 0 Å². The van der Waals surface area contributed by atoms with Gasteiger partial charge in [0.1, 0.15) is 0 Å². The van der Waals surface area contributed by atoms with Crippen molar-refractivity contribution in [3.05, 3.63) is 35.7 Å². The van der Waals surface area contributed by atoms with E-state index in [1.165, 1.54) is 15.6 Å². The molecule has 2 aromatic rings. The van der Waals surface area contributed by atoms with Crippen LogP contribution in [-0.2, 0) is 14.8 Å². The van der Waals surface area contributed by atoms with E-state index in [4.69, 9.17) is 4.74 Å². The first kappa shape index (κ1) is 16.6. The molecule has 1 aromatic heterocycles. The quantitative estimate of drug-likeness (QED) is 0.763. The second-order valence-corrected chi connectivity index (χ2v) is 8.04. The summed E-state index contributed by atoms with van der Waals surface area (Å²) in [7, 11) is -5.06. The van der Waals surface area contributed by atoms with Crippen LogP contribution in [0.1, 0.15) is 0 Å². The minimum absolute atomic E-state index is 0.231. The van der Waals surface area contributed by atoms with Crippen molar-refractivity contribution in [1.82, 2.24) is 4.31 Å². The van der Waals surface area contributed by atoms with Gasteiger partial charge >= 0.3 is 7.12 Å². The van der Waals surface area contributed by atoms with Crippen LogP contribution in [0.15, 0.2) is 40.6 Å². The summed E-state index contributed by atoms with van der Waals surface area (Å²) in [4.78, 5) is 0.231. The van der Waals surface area contributed by atoms with E-state index in [1.54, 1.807) is 35.7 Å². The Bertz CT molecular complexity index is 784. The first-order chi connectivity index (χ1) is 11.0. The van der Waals surface area contributed by atoms with Crippen LogP contribution in [-0.4, -0.2) is 56.2 Å². The van der Waals surface area contributed by atoms with Crippen molar-refractivity contribution in [2.24, 2.45) is 0 Å². The molecule has 6 nitrogen and oxygen atoms in total. The molecule has 1 fully saturated rings. The fraction of sp³-hybridized carbons (Fsp3) is 0.286. The molecule has 0 unspecified atom stereocenters. The molecule has 122 valence electrons. The van der Waals surface area contributed by atoms with E-state index < -0.39 is 17.1 Å². The van der Waals surface area contributed by atoms with Crippen molar-refractivity contribution in [2.75, 3.05) is 26.3 Å². The summed E-state index contributed by atoms with van der Waals surface area (Å²) in [5.74, 6) is 0. The molecule has 0 saturated carbocycles. The number of nitrogens with zero attached hydrogens (tertiary/aromatic N) is 1. The molecule has 9 heteroatoms. The van der Waals surface area contributed by atoms with Crippen molar-refractivity contribution >= 4 is 33.3 Å². The van der Waals surface area contributed by atoms with Crippen LogP contribution < -0.4 is 4.78 Å². The standard InChI is InChI=1S/C14H16BNO5S2/c17-15(18)14-9-12(10-22-14)11-2-1-3-13(8-11)23(19,20)16-4-6-21-7-5-16/h1-3,8-10,17-18H,4-7H2. The molecule has 0 aliphatic carbocycles. The van der Waals surface area contributed by atoms with Crippen LogP contribution >= 0.6 is 11.3 Å². The summed E-state index contributed by atoms with van der Waals surface area (Å²) < 4.78 is 32.4. The third-order valence-electron chi connectivity index (χ3n) is 3.65. The van der Waals surface area contributed by atoms with Gasteiger partial charge in [-0.15, -0.1) is 0 Å². The molecular formula is C14H16BNO5S2. The predicted octanol–water partition coefficient (Wildman–Crippen LogP) is 0.116. The average Bonchev–Trinajstić information content (AvgIpc) is 3.06. The Hall–Kier alpha value is -1.23. The third kappa shape index (κ3) is 3.49. The fourth-order valence-corrected chi connectivity index (χ4v) is 4.65. The molecule has 3 rings (SSSR count). The second-order valence-electron chi connectivity index (χ2n) is 5.16. The molecule has 1 aromatic carbocycles. The van der Waals surface area contributed by atoms with Crippen molar-refractivity contribution in [3.8, 4) is 11.1 Å². The van der Waals surface area contributed by atoms with Gasteiger partial charge in [-0.25, -0.2) is 8.42 Å². The SMILES string of the molecule is O=S(=O)(c1cccc(-c2csc(B(O)O)c2)c1)N1CCOCC1. The Morgan fingerprint density at radius 3 is 2.52 bits per heavy atom. The van der Waals surface area contributed by atoms with Crippen LogP contribution in [0.25, 0.3) is 11.1 Å². The van der Waals surface area contributed by atoms with Crippen molar-refractivity contribution in [3.63, 3.8) is 0 Å². The smallest absolute Gasteiger partial charge is 0.423 e. The van der Waals surface area contributed by atoms with E-state index in [2.05, 4.69) is 0 Å². The largest absolute Gasteiger partial charge is 0.499 e. The molecule has 0 spiro atoms. The normalized spacial score (nSPS) is 16.4. The van der Waals surface area contributed by atoms with Gasteiger partial charge in [-0.1, -0.05) is 12.1 Å². The highest BCUT2D eigenvalue weighted by atomic mass is 32.2. The molecule has 1 saturated heterocycles. The van der Waals surface area contributed by atoms with Gasteiger partial charge in [0.25, 0.3) is 0 Å². The Labute approximate surface area is 139 Å². The zero-order valence-electron chi connectivity index (χ0n) is 12.3. The summed E-state index contributed by atoms with van der Waals surface area (Å²) in [6, 6.07) is 8.32. The molecule has 2 N–H and O–H groups in total. The van der Waals surface area contributed by atoms with Crippen LogP contribution in [0.5, 0.6) is 0 Å². The maximum atomic E-state index is 12.7. The minimum Gasteiger partial charge on any atom is -0.423 e. The van der Waals surface area contributed by atoms with Gasteiger partial charge in [-0.2, -0.15) is 15.6 Å². The number of hydrogen-bond acceptors (Lipinski definition) is 6. The molecule has 0 amide bonds. The number of ether oxygens (including phenoxy) is 1. The lowest BCUT2D eigenvalue weighted by Crippen LogP contribution is -2.40. The monoisotopic (exact) mass is 353 g/mol. The van der Waals surface area contributed by atoms with Gasteiger partial charge in [-0.3, -0.25) is 0 Å². The van der Waals surface area contributed by atoms with Crippen molar-refractivity contribution < 1.29 is 23.2 Å². The second kappa shape index (κ2) is 6.72. The predicted molar refractivity (Wildman–Crippen MR) is 89.2 cm³/mol. The Balaban J connectivity index is 1.92. The highest BCUT2D eigenvalue weighted by molar-refractivity contribution is 7.89. The number of benzene rings is 1. The third-order valence-corrected chi connectivity index (χ3v) is 6.52.